The molecule has 2 unspecified atom stereocenters. The predicted octanol–water partition coefficient (Wildman–Crippen LogP) is 3.07. The fraction of sp³-hybridized carbons (Fsp3) is 0.500. The number of carbonyl (C=O) groups is 2. The number of nitrogens with one attached hydrogen (secondary N) is 1. The highest BCUT2D eigenvalue weighted by molar-refractivity contribution is 6.02. The average Bonchev–Trinajstić information content (AvgIpc) is 2.83. The van der Waals surface area contributed by atoms with E-state index in [-0.39, 0.29) is 16.7 Å². The molecule has 1 aromatic rings. The molecule has 0 heterocycles. The third-order valence-electron chi connectivity index (χ3n) is 6.47. The molecule has 5 nitrogen and oxygen atoms in total. The van der Waals surface area contributed by atoms with Crippen molar-refractivity contribution in [2.75, 3.05) is 0 Å². The number of carbonyl (C=O) groups excluding carboxylic acids is 1. The first-order valence-electron chi connectivity index (χ1n) is 7.90. The molecular formula is C18H22N2O3. The van der Waals surface area contributed by atoms with Gasteiger partial charge in [0, 0.05) is 23.1 Å². The van der Waals surface area contributed by atoms with Crippen LogP contribution in [0.25, 0.3) is 0 Å². The van der Waals surface area contributed by atoms with Crippen LogP contribution in [0.2, 0.25) is 0 Å². The Morgan fingerprint density at radius 1 is 1.13 bits per heavy atom. The first-order chi connectivity index (χ1) is 10.7. The van der Waals surface area contributed by atoms with Crippen molar-refractivity contribution in [2.24, 2.45) is 21.3 Å². The molecule has 2 fully saturated rings. The standard InChI is InChI=1S/C18H22N2O3/c1-16(2)17(3)9-10-18(16,15(22)23)11-13(17)19-20-14(21)12-7-5-4-6-8-12/h4-8H,9-11H2,1-3H3,(H,20,21)(H,22,23)/b19-13+. The number of nitrogens with zero attached hydrogens (tertiary/aromatic N) is 1. The summed E-state index contributed by atoms with van der Waals surface area (Å²) < 4.78 is 0. The molecule has 0 aliphatic heterocycles. The van der Waals surface area contributed by atoms with Crippen molar-refractivity contribution in [1.29, 1.82) is 0 Å². The van der Waals surface area contributed by atoms with Crippen LogP contribution in [0.1, 0.15) is 50.4 Å². The van der Waals surface area contributed by atoms with Gasteiger partial charge in [-0.3, -0.25) is 9.59 Å². The minimum atomic E-state index is -0.780. The molecule has 3 rings (SSSR count). The molecule has 0 saturated heterocycles. The number of hydrazone groups is 1. The molecule has 0 radical (unpaired) electrons. The fourth-order valence-corrected chi connectivity index (χ4v) is 4.30. The molecule has 2 bridgehead atoms. The second-order valence-electron chi connectivity index (χ2n) is 7.39. The van der Waals surface area contributed by atoms with Crippen molar-refractivity contribution in [3.63, 3.8) is 0 Å². The van der Waals surface area contributed by atoms with E-state index >= 15 is 0 Å². The van der Waals surface area contributed by atoms with E-state index < -0.39 is 11.4 Å². The third-order valence-corrected chi connectivity index (χ3v) is 6.47. The summed E-state index contributed by atoms with van der Waals surface area (Å²) >= 11 is 0. The van der Waals surface area contributed by atoms with Crippen LogP contribution >= 0.6 is 0 Å². The molecule has 122 valence electrons. The second kappa shape index (κ2) is 4.91. The summed E-state index contributed by atoms with van der Waals surface area (Å²) in [6, 6.07) is 8.88. The largest absolute Gasteiger partial charge is 0.481 e. The van der Waals surface area contributed by atoms with E-state index in [0.717, 1.165) is 12.1 Å². The monoisotopic (exact) mass is 314 g/mol. The van der Waals surface area contributed by atoms with Crippen LogP contribution in [0.5, 0.6) is 0 Å². The Labute approximate surface area is 135 Å². The van der Waals surface area contributed by atoms with Crippen molar-refractivity contribution < 1.29 is 14.7 Å². The maximum Gasteiger partial charge on any atom is 0.310 e. The first-order valence-corrected chi connectivity index (χ1v) is 7.90. The van der Waals surface area contributed by atoms with Gasteiger partial charge in [-0.25, -0.2) is 5.43 Å². The van der Waals surface area contributed by atoms with Crippen LogP contribution in [0.4, 0.5) is 0 Å². The number of carboxylic acid groups (broad SMARTS) is 1. The number of hydrogen-bond donors (Lipinski definition) is 2. The summed E-state index contributed by atoms with van der Waals surface area (Å²) in [5.74, 6) is -1.03. The molecule has 0 spiro atoms. The summed E-state index contributed by atoms with van der Waals surface area (Å²) in [7, 11) is 0. The number of amides is 1. The molecule has 2 atom stereocenters. The van der Waals surface area contributed by atoms with Crippen LogP contribution in [0.15, 0.2) is 35.4 Å². The van der Waals surface area contributed by atoms with Crippen LogP contribution in [-0.2, 0) is 4.79 Å². The topological polar surface area (TPSA) is 78.8 Å². The van der Waals surface area contributed by atoms with E-state index in [9.17, 15) is 14.7 Å². The van der Waals surface area contributed by atoms with Gasteiger partial charge in [-0.1, -0.05) is 39.0 Å². The molecule has 2 aliphatic carbocycles. The zero-order valence-electron chi connectivity index (χ0n) is 13.7. The van der Waals surface area contributed by atoms with Crippen molar-refractivity contribution in [1.82, 2.24) is 5.43 Å². The Hall–Kier alpha value is -2.17. The van der Waals surface area contributed by atoms with E-state index in [1.807, 2.05) is 19.9 Å². The zero-order chi connectivity index (χ0) is 16.9. The van der Waals surface area contributed by atoms with E-state index in [4.69, 9.17) is 0 Å². The number of aliphatic carboxylic acids is 1. The Balaban J connectivity index is 1.88. The van der Waals surface area contributed by atoms with Crippen LogP contribution in [-0.4, -0.2) is 22.7 Å². The van der Waals surface area contributed by atoms with Gasteiger partial charge in [0.1, 0.15) is 0 Å². The van der Waals surface area contributed by atoms with E-state index in [1.165, 1.54) is 0 Å². The smallest absolute Gasteiger partial charge is 0.310 e. The second-order valence-corrected chi connectivity index (χ2v) is 7.39. The molecule has 5 heteroatoms. The van der Waals surface area contributed by atoms with Gasteiger partial charge in [0.25, 0.3) is 5.91 Å². The maximum absolute atomic E-state index is 12.2. The Kier molecular flexibility index (Phi) is 3.36. The minimum Gasteiger partial charge on any atom is -0.481 e. The first kappa shape index (κ1) is 15.7. The summed E-state index contributed by atoms with van der Waals surface area (Å²) in [5, 5.41) is 14.1. The lowest BCUT2D eigenvalue weighted by Gasteiger charge is -2.37. The molecule has 0 aromatic heterocycles. The van der Waals surface area contributed by atoms with Crippen LogP contribution in [0.3, 0.4) is 0 Å². The molecule has 2 N–H and O–H groups in total. The molecular weight excluding hydrogens is 292 g/mol. The minimum absolute atomic E-state index is 0.272. The average molecular weight is 314 g/mol. The molecule has 2 aliphatic rings. The van der Waals surface area contributed by atoms with Crippen LogP contribution < -0.4 is 5.43 Å². The lowest BCUT2D eigenvalue weighted by Crippen LogP contribution is -2.40. The van der Waals surface area contributed by atoms with Gasteiger partial charge in [-0.2, -0.15) is 5.10 Å². The quantitative estimate of drug-likeness (QED) is 0.842. The summed E-state index contributed by atoms with van der Waals surface area (Å²) in [6.07, 6.45) is 1.85. The lowest BCUT2D eigenvalue weighted by molar-refractivity contribution is -0.154. The van der Waals surface area contributed by atoms with Gasteiger partial charge in [-0.05, 0) is 30.4 Å². The summed E-state index contributed by atoms with van der Waals surface area (Å²) in [6.45, 7) is 6.09. The number of rotatable bonds is 3. The number of carboxylic acids is 1. The predicted molar refractivity (Wildman–Crippen MR) is 87.2 cm³/mol. The van der Waals surface area contributed by atoms with Gasteiger partial charge in [-0.15, -0.1) is 0 Å². The Morgan fingerprint density at radius 3 is 2.35 bits per heavy atom. The number of fused-ring (bicyclic) bond motifs is 2. The zero-order valence-corrected chi connectivity index (χ0v) is 13.7. The highest BCUT2D eigenvalue weighted by Crippen LogP contribution is 2.70. The van der Waals surface area contributed by atoms with Crippen molar-refractivity contribution in [3.05, 3.63) is 35.9 Å². The van der Waals surface area contributed by atoms with Gasteiger partial charge in [0.15, 0.2) is 0 Å². The third kappa shape index (κ3) is 1.95. The van der Waals surface area contributed by atoms with E-state index in [0.29, 0.717) is 18.4 Å². The van der Waals surface area contributed by atoms with Crippen molar-refractivity contribution >= 4 is 17.6 Å². The molecule has 1 aromatic carbocycles. The van der Waals surface area contributed by atoms with Gasteiger partial charge in [0.05, 0.1) is 5.41 Å². The Morgan fingerprint density at radius 2 is 1.78 bits per heavy atom. The number of benzene rings is 1. The highest BCUT2D eigenvalue weighted by Gasteiger charge is 2.71. The highest BCUT2D eigenvalue weighted by atomic mass is 16.4. The fourth-order valence-electron chi connectivity index (χ4n) is 4.30. The van der Waals surface area contributed by atoms with Crippen LogP contribution in [0, 0.1) is 16.2 Å². The molecule has 23 heavy (non-hydrogen) atoms. The van der Waals surface area contributed by atoms with Gasteiger partial charge < -0.3 is 5.11 Å². The SMILES string of the molecule is CC12CCC(C(=O)O)(C/C1=N\NC(=O)c1ccccc1)C2(C)C. The molecule has 2 saturated carbocycles. The lowest BCUT2D eigenvalue weighted by atomic mass is 9.65. The van der Waals surface area contributed by atoms with Gasteiger partial charge in [0.2, 0.25) is 0 Å². The maximum atomic E-state index is 12.2. The van der Waals surface area contributed by atoms with Crippen molar-refractivity contribution in [3.8, 4) is 0 Å². The van der Waals surface area contributed by atoms with Gasteiger partial charge >= 0.3 is 5.97 Å². The van der Waals surface area contributed by atoms with E-state index in [2.05, 4.69) is 17.5 Å². The van der Waals surface area contributed by atoms with E-state index in [1.54, 1.807) is 24.3 Å². The summed E-state index contributed by atoms with van der Waals surface area (Å²) in [4.78, 5) is 24.1. The summed E-state index contributed by atoms with van der Waals surface area (Å²) in [5.41, 5.74) is 2.47. The normalized spacial score (nSPS) is 32.9. The number of hydrogen-bond acceptors (Lipinski definition) is 3. The molecule has 1 amide bonds. The Bertz CT molecular complexity index is 695. The van der Waals surface area contributed by atoms with Crippen molar-refractivity contribution in [2.45, 2.75) is 40.0 Å².